The summed E-state index contributed by atoms with van der Waals surface area (Å²) in [6.07, 6.45) is -4.80. The first-order valence-corrected chi connectivity index (χ1v) is 7.72. The number of hydrogen-bond acceptors (Lipinski definition) is 4. The lowest BCUT2D eigenvalue weighted by molar-refractivity contribution is -0.274. The lowest BCUT2D eigenvalue weighted by atomic mass is 10.3. The van der Waals surface area contributed by atoms with Crippen LogP contribution in [0.1, 0.15) is 6.92 Å². The summed E-state index contributed by atoms with van der Waals surface area (Å²) in [4.78, 5) is -0.0502. The zero-order valence-corrected chi connectivity index (χ0v) is 13.3. The van der Waals surface area contributed by atoms with Gasteiger partial charge in [-0.1, -0.05) is 0 Å². The van der Waals surface area contributed by atoms with Crippen LogP contribution in [0.25, 0.3) is 0 Å². The van der Waals surface area contributed by atoms with E-state index in [0.29, 0.717) is 19.6 Å². The molecule has 1 N–H and O–H groups in total. The van der Waals surface area contributed by atoms with Gasteiger partial charge in [-0.05, 0) is 31.2 Å². The third kappa shape index (κ3) is 4.48. The van der Waals surface area contributed by atoms with Gasteiger partial charge in [0.15, 0.2) is 0 Å². The lowest BCUT2D eigenvalue weighted by Crippen LogP contribution is -2.52. The molecule has 22 heavy (non-hydrogen) atoms. The van der Waals surface area contributed by atoms with Crippen molar-refractivity contribution in [3.8, 4) is 5.75 Å². The van der Waals surface area contributed by atoms with Gasteiger partial charge in [-0.15, -0.1) is 25.6 Å². The van der Waals surface area contributed by atoms with Crippen molar-refractivity contribution in [2.75, 3.05) is 19.6 Å². The maximum atomic E-state index is 12.4. The fourth-order valence-corrected chi connectivity index (χ4v) is 3.76. The van der Waals surface area contributed by atoms with E-state index in [0.717, 1.165) is 24.3 Å². The Kier molecular flexibility index (Phi) is 6.08. The smallest absolute Gasteiger partial charge is 0.406 e. The molecular formula is C12H16ClF3N2O3S. The van der Waals surface area contributed by atoms with E-state index in [1.165, 1.54) is 4.31 Å². The molecule has 1 aromatic carbocycles. The highest BCUT2D eigenvalue weighted by Gasteiger charge is 2.33. The number of rotatable bonds is 3. The van der Waals surface area contributed by atoms with E-state index in [9.17, 15) is 21.6 Å². The molecule has 126 valence electrons. The third-order valence-corrected chi connectivity index (χ3v) is 5.13. The minimum atomic E-state index is -4.80. The molecule has 0 bridgehead atoms. The zero-order chi connectivity index (χ0) is 15.7. The largest absolute Gasteiger partial charge is 0.573 e. The van der Waals surface area contributed by atoms with Crippen molar-refractivity contribution < 1.29 is 26.3 Å². The Morgan fingerprint density at radius 2 is 1.86 bits per heavy atom. The maximum absolute atomic E-state index is 12.4. The minimum Gasteiger partial charge on any atom is -0.406 e. The minimum absolute atomic E-state index is 0. The van der Waals surface area contributed by atoms with Gasteiger partial charge >= 0.3 is 6.36 Å². The Morgan fingerprint density at radius 3 is 2.36 bits per heavy atom. The number of sulfonamides is 1. The molecule has 0 radical (unpaired) electrons. The molecule has 5 nitrogen and oxygen atoms in total. The van der Waals surface area contributed by atoms with Crippen molar-refractivity contribution in [1.82, 2.24) is 9.62 Å². The van der Waals surface area contributed by atoms with E-state index >= 15 is 0 Å². The Bertz CT molecular complexity index is 593. The van der Waals surface area contributed by atoms with Crippen molar-refractivity contribution in [1.29, 1.82) is 0 Å². The van der Waals surface area contributed by atoms with Crippen molar-refractivity contribution in [2.45, 2.75) is 24.2 Å². The zero-order valence-electron chi connectivity index (χ0n) is 11.6. The van der Waals surface area contributed by atoms with E-state index in [-0.39, 0.29) is 23.3 Å². The second-order valence-electron chi connectivity index (χ2n) is 4.69. The van der Waals surface area contributed by atoms with Gasteiger partial charge in [0.2, 0.25) is 10.0 Å². The first-order chi connectivity index (χ1) is 9.70. The number of hydrogen-bond donors (Lipinski definition) is 1. The molecule has 0 amide bonds. The summed E-state index contributed by atoms with van der Waals surface area (Å²) < 4.78 is 66.1. The maximum Gasteiger partial charge on any atom is 0.573 e. The van der Waals surface area contributed by atoms with Gasteiger partial charge in [0.1, 0.15) is 5.75 Å². The Balaban J connectivity index is 0.00000242. The number of piperazine rings is 1. The average Bonchev–Trinajstić information content (AvgIpc) is 2.37. The molecule has 1 aliphatic rings. The van der Waals surface area contributed by atoms with Gasteiger partial charge in [-0.2, -0.15) is 4.31 Å². The monoisotopic (exact) mass is 360 g/mol. The number of alkyl halides is 3. The highest BCUT2D eigenvalue weighted by Crippen LogP contribution is 2.25. The summed E-state index contributed by atoms with van der Waals surface area (Å²) >= 11 is 0. The number of nitrogens with zero attached hydrogens (tertiary/aromatic N) is 1. The number of halogens is 4. The first-order valence-electron chi connectivity index (χ1n) is 6.28. The predicted octanol–water partition coefficient (Wildman–Crippen LogP) is 1.99. The van der Waals surface area contributed by atoms with Crippen LogP contribution in [0.5, 0.6) is 5.75 Å². The molecule has 0 spiro atoms. The Morgan fingerprint density at radius 1 is 1.27 bits per heavy atom. The number of ether oxygens (including phenoxy) is 1. The van der Waals surface area contributed by atoms with Crippen LogP contribution in [0.4, 0.5) is 13.2 Å². The van der Waals surface area contributed by atoms with Crippen LogP contribution in [0.15, 0.2) is 29.2 Å². The molecule has 1 aliphatic heterocycles. The molecule has 1 atom stereocenters. The van der Waals surface area contributed by atoms with Crippen molar-refractivity contribution in [3.05, 3.63) is 24.3 Å². The van der Waals surface area contributed by atoms with Gasteiger partial charge in [0.05, 0.1) is 4.90 Å². The number of nitrogens with one attached hydrogen (secondary N) is 1. The van der Waals surface area contributed by atoms with Gasteiger partial charge in [0.25, 0.3) is 0 Å². The first kappa shape index (κ1) is 19.0. The van der Waals surface area contributed by atoms with E-state index in [4.69, 9.17) is 0 Å². The topological polar surface area (TPSA) is 58.6 Å². The predicted molar refractivity (Wildman–Crippen MR) is 76.6 cm³/mol. The fraction of sp³-hybridized carbons (Fsp3) is 0.500. The Labute approximate surface area is 132 Å². The van der Waals surface area contributed by atoms with Crippen molar-refractivity contribution in [3.63, 3.8) is 0 Å². The van der Waals surface area contributed by atoms with Crippen LogP contribution >= 0.6 is 12.4 Å². The fourth-order valence-electron chi connectivity index (χ4n) is 2.13. The molecule has 1 heterocycles. The summed E-state index contributed by atoms with van der Waals surface area (Å²) in [6.45, 7) is 3.17. The molecule has 1 aromatic rings. The summed E-state index contributed by atoms with van der Waals surface area (Å²) in [5.41, 5.74) is 0. The standard InChI is InChI=1S/C12H15F3N2O3S.ClH/c1-9-8-16-6-7-17(9)21(18,19)11-4-2-10(3-5-11)20-12(13,14)15;/h2-5,9,16H,6-8H2,1H3;1H/t9-;/m1./s1. The lowest BCUT2D eigenvalue weighted by Gasteiger charge is -2.32. The summed E-state index contributed by atoms with van der Waals surface area (Å²) in [5.74, 6) is -0.449. The van der Waals surface area contributed by atoms with Crippen molar-refractivity contribution in [2.24, 2.45) is 0 Å². The van der Waals surface area contributed by atoms with Crippen molar-refractivity contribution >= 4 is 22.4 Å². The highest BCUT2D eigenvalue weighted by atomic mass is 35.5. The normalized spacial score (nSPS) is 20.3. The second kappa shape index (κ2) is 7.03. The van der Waals surface area contributed by atoms with Crippen LogP contribution in [0.2, 0.25) is 0 Å². The summed E-state index contributed by atoms with van der Waals surface area (Å²) in [6, 6.07) is 4.01. The number of benzene rings is 1. The molecular weight excluding hydrogens is 345 g/mol. The van der Waals surface area contributed by atoms with E-state index in [1.54, 1.807) is 6.92 Å². The van der Waals surface area contributed by atoms with E-state index in [2.05, 4.69) is 10.1 Å². The molecule has 10 heteroatoms. The third-order valence-electron chi connectivity index (χ3n) is 3.10. The van der Waals surface area contributed by atoms with Crippen LogP contribution < -0.4 is 10.1 Å². The molecule has 0 saturated carbocycles. The Hall–Kier alpha value is -1.03. The van der Waals surface area contributed by atoms with Gasteiger partial charge in [0, 0.05) is 25.7 Å². The van der Waals surface area contributed by atoms with Gasteiger partial charge < -0.3 is 10.1 Å². The van der Waals surface area contributed by atoms with Crippen LogP contribution in [0.3, 0.4) is 0 Å². The summed E-state index contributed by atoms with van der Waals surface area (Å²) in [7, 11) is -3.72. The molecule has 2 rings (SSSR count). The summed E-state index contributed by atoms with van der Waals surface area (Å²) in [5, 5.41) is 3.07. The van der Waals surface area contributed by atoms with Crippen LogP contribution in [-0.4, -0.2) is 44.8 Å². The molecule has 0 aliphatic carbocycles. The average molecular weight is 361 g/mol. The van der Waals surface area contributed by atoms with Crippen LogP contribution in [-0.2, 0) is 10.0 Å². The van der Waals surface area contributed by atoms with Gasteiger partial charge in [-0.3, -0.25) is 0 Å². The highest BCUT2D eigenvalue weighted by molar-refractivity contribution is 7.89. The molecule has 0 unspecified atom stereocenters. The van der Waals surface area contributed by atoms with Gasteiger partial charge in [-0.25, -0.2) is 8.42 Å². The van der Waals surface area contributed by atoms with E-state index in [1.807, 2.05) is 0 Å². The second-order valence-corrected chi connectivity index (χ2v) is 6.58. The SMILES string of the molecule is C[C@@H]1CNCCN1S(=O)(=O)c1ccc(OC(F)(F)F)cc1.Cl. The van der Waals surface area contributed by atoms with E-state index < -0.39 is 22.1 Å². The molecule has 1 fully saturated rings. The van der Waals surface area contributed by atoms with Crippen LogP contribution in [0, 0.1) is 0 Å². The molecule has 0 aromatic heterocycles. The molecule has 1 saturated heterocycles. The quantitative estimate of drug-likeness (QED) is 0.895.